The molecule has 0 bridgehead atoms. The van der Waals surface area contributed by atoms with Gasteiger partial charge in [0.15, 0.2) is 0 Å². The van der Waals surface area contributed by atoms with Gasteiger partial charge in [-0.25, -0.2) is 4.39 Å². The maximum absolute atomic E-state index is 13.4. The minimum absolute atomic E-state index is 0.316. The van der Waals surface area contributed by atoms with Gasteiger partial charge < -0.3 is 10.0 Å². The highest BCUT2D eigenvalue weighted by Crippen LogP contribution is 2.27. The lowest BCUT2D eigenvalue weighted by Gasteiger charge is -2.18. The molecule has 1 aromatic rings. The van der Waals surface area contributed by atoms with Crippen LogP contribution in [-0.4, -0.2) is 29.6 Å². The molecular weight excluding hydrogens is 205 g/mol. The number of halogens is 1. The van der Waals surface area contributed by atoms with Crippen molar-refractivity contribution in [3.63, 3.8) is 0 Å². The van der Waals surface area contributed by atoms with Crippen molar-refractivity contribution in [1.82, 2.24) is 4.90 Å². The Morgan fingerprint density at radius 1 is 1.44 bits per heavy atom. The van der Waals surface area contributed by atoms with E-state index in [4.69, 9.17) is 0 Å². The van der Waals surface area contributed by atoms with Gasteiger partial charge in [-0.2, -0.15) is 0 Å². The Labute approximate surface area is 95.7 Å². The van der Waals surface area contributed by atoms with Crippen LogP contribution in [0.4, 0.5) is 4.39 Å². The van der Waals surface area contributed by atoms with Gasteiger partial charge in [0.25, 0.3) is 0 Å². The van der Waals surface area contributed by atoms with Crippen LogP contribution in [0.3, 0.4) is 0 Å². The summed E-state index contributed by atoms with van der Waals surface area (Å²) < 4.78 is 13.4. The lowest BCUT2D eigenvalue weighted by Crippen LogP contribution is -2.23. The second-order valence-electron chi connectivity index (χ2n) is 4.54. The largest absolute Gasteiger partial charge is 0.388 e. The highest BCUT2D eigenvalue weighted by molar-refractivity contribution is 5.19. The van der Waals surface area contributed by atoms with Gasteiger partial charge in [0.05, 0.1) is 6.10 Å². The Balaban J connectivity index is 1.87. The molecule has 2 nitrogen and oxygen atoms in total. The monoisotopic (exact) mass is 223 g/mol. The van der Waals surface area contributed by atoms with Gasteiger partial charge in [0, 0.05) is 18.2 Å². The second kappa shape index (κ2) is 4.93. The molecule has 1 unspecified atom stereocenters. The Bertz CT molecular complexity index is 352. The number of hydrogen-bond acceptors (Lipinski definition) is 2. The van der Waals surface area contributed by atoms with E-state index in [-0.39, 0.29) is 5.82 Å². The number of aliphatic hydroxyl groups excluding tert-OH is 1. The standard InChI is InChI=1S/C13H18FNO/c1-15(10-6-7-10)9-8-13(16)11-4-2-3-5-12(11)14/h2-5,10,13,16H,6-9H2,1H3. The molecule has 1 saturated carbocycles. The van der Waals surface area contributed by atoms with Crippen LogP contribution in [0.25, 0.3) is 0 Å². The van der Waals surface area contributed by atoms with E-state index in [0.717, 1.165) is 6.54 Å². The van der Waals surface area contributed by atoms with E-state index in [2.05, 4.69) is 11.9 Å². The Kier molecular flexibility index (Phi) is 3.56. The van der Waals surface area contributed by atoms with Crippen molar-refractivity contribution in [2.75, 3.05) is 13.6 Å². The van der Waals surface area contributed by atoms with Crippen molar-refractivity contribution in [2.24, 2.45) is 0 Å². The molecule has 0 spiro atoms. The van der Waals surface area contributed by atoms with Crippen LogP contribution in [0.15, 0.2) is 24.3 Å². The SMILES string of the molecule is CN(CCC(O)c1ccccc1F)C1CC1. The summed E-state index contributed by atoms with van der Waals surface area (Å²) in [5.41, 5.74) is 0.409. The van der Waals surface area contributed by atoms with Crippen molar-refractivity contribution < 1.29 is 9.50 Å². The van der Waals surface area contributed by atoms with Crippen LogP contribution in [0, 0.1) is 5.82 Å². The summed E-state index contributed by atoms with van der Waals surface area (Å²) >= 11 is 0. The Morgan fingerprint density at radius 2 is 2.12 bits per heavy atom. The number of nitrogens with zero attached hydrogens (tertiary/aromatic N) is 1. The van der Waals surface area contributed by atoms with E-state index in [1.54, 1.807) is 18.2 Å². The summed E-state index contributed by atoms with van der Waals surface area (Å²) in [6, 6.07) is 7.13. The number of aliphatic hydroxyl groups is 1. The number of rotatable bonds is 5. The van der Waals surface area contributed by atoms with E-state index >= 15 is 0 Å². The minimum atomic E-state index is -0.692. The molecular formula is C13H18FNO. The second-order valence-corrected chi connectivity index (χ2v) is 4.54. The predicted octanol–water partition coefficient (Wildman–Crippen LogP) is 2.34. The maximum Gasteiger partial charge on any atom is 0.128 e. The van der Waals surface area contributed by atoms with Crippen molar-refractivity contribution in [1.29, 1.82) is 0 Å². The van der Waals surface area contributed by atoms with E-state index in [0.29, 0.717) is 18.0 Å². The van der Waals surface area contributed by atoms with Crippen molar-refractivity contribution in [2.45, 2.75) is 31.4 Å². The van der Waals surface area contributed by atoms with Gasteiger partial charge in [-0.15, -0.1) is 0 Å². The summed E-state index contributed by atoms with van der Waals surface area (Å²) in [5.74, 6) is -0.316. The van der Waals surface area contributed by atoms with Gasteiger partial charge in [0.1, 0.15) is 5.82 Å². The molecule has 3 heteroatoms. The van der Waals surface area contributed by atoms with E-state index in [1.165, 1.54) is 18.9 Å². The molecule has 88 valence electrons. The van der Waals surface area contributed by atoms with Crippen LogP contribution in [0.5, 0.6) is 0 Å². The third-order valence-electron chi connectivity index (χ3n) is 3.19. The van der Waals surface area contributed by atoms with Gasteiger partial charge in [-0.3, -0.25) is 0 Å². The molecule has 2 rings (SSSR count). The summed E-state index contributed by atoms with van der Waals surface area (Å²) in [4.78, 5) is 2.24. The zero-order valence-electron chi connectivity index (χ0n) is 9.56. The zero-order valence-corrected chi connectivity index (χ0v) is 9.56. The van der Waals surface area contributed by atoms with Crippen LogP contribution in [-0.2, 0) is 0 Å². The van der Waals surface area contributed by atoms with Crippen molar-refractivity contribution >= 4 is 0 Å². The fourth-order valence-corrected chi connectivity index (χ4v) is 1.92. The Hall–Kier alpha value is -0.930. The number of hydrogen-bond donors (Lipinski definition) is 1. The van der Waals surface area contributed by atoms with Crippen LogP contribution in [0.2, 0.25) is 0 Å². The van der Waals surface area contributed by atoms with E-state index < -0.39 is 6.10 Å². The quantitative estimate of drug-likeness (QED) is 0.828. The molecule has 1 aliphatic carbocycles. The van der Waals surface area contributed by atoms with Crippen LogP contribution in [0.1, 0.15) is 30.9 Å². The Morgan fingerprint density at radius 3 is 2.75 bits per heavy atom. The molecule has 0 amide bonds. The molecule has 0 aliphatic heterocycles. The van der Waals surface area contributed by atoms with Crippen molar-refractivity contribution in [3.05, 3.63) is 35.6 Å². The first-order valence-electron chi connectivity index (χ1n) is 5.81. The molecule has 1 N–H and O–H groups in total. The zero-order chi connectivity index (χ0) is 11.5. The predicted molar refractivity (Wildman–Crippen MR) is 61.6 cm³/mol. The fraction of sp³-hybridized carbons (Fsp3) is 0.538. The third-order valence-corrected chi connectivity index (χ3v) is 3.19. The lowest BCUT2D eigenvalue weighted by molar-refractivity contribution is 0.143. The van der Waals surface area contributed by atoms with Crippen LogP contribution >= 0.6 is 0 Å². The van der Waals surface area contributed by atoms with Gasteiger partial charge in [-0.1, -0.05) is 18.2 Å². The summed E-state index contributed by atoms with van der Waals surface area (Å²) in [6.45, 7) is 0.820. The summed E-state index contributed by atoms with van der Waals surface area (Å²) in [6.07, 6.45) is 2.41. The molecule has 16 heavy (non-hydrogen) atoms. The first kappa shape index (κ1) is 11.6. The summed E-state index contributed by atoms with van der Waals surface area (Å²) in [5, 5.41) is 9.89. The average Bonchev–Trinajstić information content (AvgIpc) is 3.10. The molecule has 0 aromatic heterocycles. The third kappa shape index (κ3) is 2.80. The normalized spacial score (nSPS) is 17.8. The van der Waals surface area contributed by atoms with E-state index in [1.807, 2.05) is 0 Å². The lowest BCUT2D eigenvalue weighted by atomic mass is 10.1. The molecule has 0 heterocycles. The highest BCUT2D eigenvalue weighted by atomic mass is 19.1. The molecule has 1 aliphatic rings. The van der Waals surface area contributed by atoms with Crippen LogP contribution < -0.4 is 0 Å². The summed E-state index contributed by atoms with van der Waals surface area (Å²) in [7, 11) is 2.06. The van der Waals surface area contributed by atoms with Gasteiger partial charge in [-0.05, 0) is 32.4 Å². The van der Waals surface area contributed by atoms with E-state index in [9.17, 15) is 9.50 Å². The molecule has 1 aromatic carbocycles. The smallest absolute Gasteiger partial charge is 0.128 e. The first-order chi connectivity index (χ1) is 7.68. The van der Waals surface area contributed by atoms with Gasteiger partial charge in [0.2, 0.25) is 0 Å². The maximum atomic E-state index is 13.4. The fourth-order valence-electron chi connectivity index (χ4n) is 1.92. The topological polar surface area (TPSA) is 23.5 Å². The first-order valence-corrected chi connectivity index (χ1v) is 5.81. The highest BCUT2D eigenvalue weighted by Gasteiger charge is 2.26. The number of benzene rings is 1. The molecule has 1 fully saturated rings. The van der Waals surface area contributed by atoms with Gasteiger partial charge >= 0.3 is 0 Å². The minimum Gasteiger partial charge on any atom is -0.388 e. The molecule has 0 saturated heterocycles. The molecule has 1 atom stereocenters. The van der Waals surface area contributed by atoms with Crippen molar-refractivity contribution in [3.8, 4) is 0 Å². The average molecular weight is 223 g/mol. The molecule has 0 radical (unpaired) electrons.